The van der Waals surface area contributed by atoms with Crippen molar-refractivity contribution in [3.63, 3.8) is 0 Å². The molecule has 0 saturated heterocycles. The third-order valence-electron chi connectivity index (χ3n) is 2.88. The van der Waals surface area contributed by atoms with Gasteiger partial charge in [0.25, 0.3) is 0 Å². The van der Waals surface area contributed by atoms with Crippen molar-refractivity contribution in [2.75, 3.05) is 7.11 Å². The minimum Gasteiger partial charge on any atom is -0.494 e. The van der Waals surface area contributed by atoms with Gasteiger partial charge < -0.3 is 9.84 Å². The molecule has 2 rings (SSSR count). The molecule has 3 nitrogen and oxygen atoms in total. The largest absolute Gasteiger partial charge is 0.494 e. The SMILES string of the molecule is COc1ccc(C(O)C(F)(F)F)nc1-c1ccc(F)c(Cl)c1. The zero-order valence-electron chi connectivity index (χ0n) is 11.2. The number of alkyl halides is 3. The molecule has 1 atom stereocenters. The van der Waals surface area contributed by atoms with Crippen LogP contribution in [0, 0.1) is 5.82 Å². The molecule has 0 fully saturated rings. The molecule has 0 aliphatic carbocycles. The van der Waals surface area contributed by atoms with Crippen molar-refractivity contribution in [1.82, 2.24) is 4.98 Å². The molecule has 8 heteroatoms. The molecule has 22 heavy (non-hydrogen) atoms. The molecule has 1 unspecified atom stereocenters. The van der Waals surface area contributed by atoms with Crippen LogP contribution in [0.2, 0.25) is 5.02 Å². The zero-order valence-corrected chi connectivity index (χ0v) is 11.9. The van der Waals surface area contributed by atoms with E-state index in [2.05, 4.69) is 4.98 Å². The summed E-state index contributed by atoms with van der Waals surface area (Å²) in [4.78, 5) is 3.77. The van der Waals surface area contributed by atoms with E-state index >= 15 is 0 Å². The van der Waals surface area contributed by atoms with Gasteiger partial charge in [0.1, 0.15) is 17.3 Å². The third kappa shape index (κ3) is 3.31. The molecule has 0 radical (unpaired) electrons. The number of halogens is 5. The molecule has 0 aliphatic heterocycles. The molecule has 0 amide bonds. The van der Waals surface area contributed by atoms with Gasteiger partial charge in [-0.05, 0) is 30.3 Å². The fourth-order valence-corrected chi connectivity index (χ4v) is 1.98. The van der Waals surface area contributed by atoms with E-state index in [9.17, 15) is 22.7 Å². The lowest BCUT2D eigenvalue weighted by molar-refractivity contribution is -0.207. The van der Waals surface area contributed by atoms with Crippen LogP contribution < -0.4 is 4.74 Å². The molecule has 1 heterocycles. The normalized spacial score (nSPS) is 13.0. The van der Waals surface area contributed by atoms with Gasteiger partial charge in [0.2, 0.25) is 0 Å². The first-order valence-electron chi connectivity index (χ1n) is 5.99. The number of benzene rings is 1. The Morgan fingerprint density at radius 3 is 2.45 bits per heavy atom. The average molecular weight is 336 g/mol. The van der Waals surface area contributed by atoms with Gasteiger partial charge in [-0.15, -0.1) is 0 Å². The topological polar surface area (TPSA) is 42.4 Å². The maximum absolute atomic E-state index is 13.2. The van der Waals surface area contributed by atoms with Gasteiger partial charge >= 0.3 is 6.18 Å². The van der Waals surface area contributed by atoms with E-state index in [1.165, 1.54) is 25.3 Å². The van der Waals surface area contributed by atoms with Crippen LogP contribution in [0.25, 0.3) is 11.3 Å². The van der Waals surface area contributed by atoms with E-state index in [0.717, 1.165) is 12.1 Å². The fraction of sp³-hybridized carbons (Fsp3) is 0.214. The lowest BCUT2D eigenvalue weighted by Gasteiger charge is -2.16. The van der Waals surface area contributed by atoms with Crippen LogP contribution in [0.3, 0.4) is 0 Å². The summed E-state index contributed by atoms with van der Waals surface area (Å²) in [5, 5.41) is 9.07. The number of rotatable bonds is 3. The van der Waals surface area contributed by atoms with Gasteiger partial charge in [-0.3, -0.25) is 0 Å². The quantitative estimate of drug-likeness (QED) is 0.857. The highest BCUT2D eigenvalue weighted by molar-refractivity contribution is 6.31. The minimum atomic E-state index is -4.85. The van der Waals surface area contributed by atoms with Gasteiger partial charge in [0, 0.05) is 5.56 Å². The number of pyridine rings is 1. The third-order valence-corrected chi connectivity index (χ3v) is 3.17. The first-order chi connectivity index (χ1) is 10.2. The highest BCUT2D eigenvalue weighted by atomic mass is 35.5. The van der Waals surface area contributed by atoms with Gasteiger partial charge in [-0.2, -0.15) is 13.2 Å². The maximum Gasteiger partial charge on any atom is 0.420 e. The first-order valence-corrected chi connectivity index (χ1v) is 6.37. The molecule has 1 aromatic heterocycles. The summed E-state index contributed by atoms with van der Waals surface area (Å²) < 4.78 is 55.9. The summed E-state index contributed by atoms with van der Waals surface area (Å²) in [6.07, 6.45) is -7.58. The monoisotopic (exact) mass is 335 g/mol. The second-order valence-corrected chi connectivity index (χ2v) is 4.77. The number of aromatic nitrogens is 1. The molecule has 1 aromatic carbocycles. The Labute approximate surface area is 128 Å². The molecular formula is C14H10ClF4NO2. The smallest absolute Gasteiger partial charge is 0.420 e. The van der Waals surface area contributed by atoms with Crippen molar-refractivity contribution in [2.45, 2.75) is 12.3 Å². The summed E-state index contributed by atoms with van der Waals surface area (Å²) in [6.45, 7) is 0. The minimum absolute atomic E-state index is 0.0187. The van der Waals surface area contributed by atoms with Gasteiger partial charge in [0.05, 0.1) is 17.8 Å². The van der Waals surface area contributed by atoms with Crippen LogP contribution in [-0.2, 0) is 0 Å². The summed E-state index contributed by atoms with van der Waals surface area (Å²) in [6, 6.07) is 5.82. The van der Waals surface area contributed by atoms with Gasteiger partial charge in [-0.25, -0.2) is 9.37 Å². The van der Waals surface area contributed by atoms with Crippen LogP contribution in [0.1, 0.15) is 11.8 Å². The molecule has 1 N–H and O–H groups in total. The Morgan fingerprint density at radius 2 is 1.91 bits per heavy atom. The van der Waals surface area contributed by atoms with E-state index < -0.39 is 23.8 Å². The Morgan fingerprint density at radius 1 is 1.23 bits per heavy atom. The van der Waals surface area contributed by atoms with Gasteiger partial charge in [-0.1, -0.05) is 11.6 Å². The van der Waals surface area contributed by atoms with Crippen molar-refractivity contribution in [3.05, 3.63) is 46.9 Å². The molecule has 2 aromatic rings. The summed E-state index contributed by atoms with van der Waals surface area (Å²) in [5.41, 5.74) is -0.312. The van der Waals surface area contributed by atoms with E-state index in [1.807, 2.05) is 0 Å². The molecular weight excluding hydrogens is 326 g/mol. The molecule has 0 aliphatic rings. The van der Waals surface area contributed by atoms with Crippen LogP contribution in [0.5, 0.6) is 5.75 Å². The number of hydrogen-bond donors (Lipinski definition) is 1. The zero-order chi connectivity index (χ0) is 16.5. The Hall–Kier alpha value is -1.86. The van der Waals surface area contributed by atoms with Gasteiger partial charge in [0.15, 0.2) is 6.10 Å². The van der Waals surface area contributed by atoms with Crippen molar-refractivity contribution in [2.24, 2.45) is 0 Å². The molecule has 118 valence electrons. The number of aliphatic hydroxyl groups is 1. The van der Waals surface area contributed by atoms with Crippen molar-refractivity contribution < 1.29 is 27.4 Å². The van der Waals surface area contributed by atoms with E-state index in [1.54, 1.807) is 0 Å². The second-order valence-electron chi connectivity index (χ2n) is 4.36. The predicted molar refractivity (Wildman–Crippen MR) is 72.2 cm³/mol. The van der Waals surface area contributed by atoms with E-state index in [4.69, 9.17) is 16.3 Å². The number of ether oxygens (including phenoxy) is 1. The van der Waals surface area contributed by atoms with Crippen LogP contribution in [0.4, 0.5) is 17.6 Å². The first kappa shape index (κ1) is 16.5. The highest BCUT2D eigenvalue weighted by Gasteiger charge is 2.40. The Kier molecular flexibility index (Phi) is 4.58. The molecule has 0 saturated carbocycles. The standard InChI is InChI=1S/C14H10ClF4NO2/c1-22-11-5-4-10(13(21)14(17,18)19)20-12(11)7-2-3-9(16)8(15)6-7/h2-6,13,21H,1H3. The number of nitrogens with zero attached hydrogens (tertiary/aromatic N) is 1. The maximum atomic E-state index is 13.2. The van der Waals surface area contributed by atoms with Crippen molar-refractivity contribution >= 4 is 11.6 Å². The second kappa shape index (κ2) is 6.10. The molecule has 0 spiro atoms. The average Bonchev–Trinajstić information content (AvgIpc) is 2.47. The number of hydrogen-bond acceptors (Lipinski definition) is 3. The van der Waals surface area contributed by atoms with Crippen LogP contribution in [-0.4, -0.2) is 23.4 Å². The van der Waals surface area contributed by atoms with Crippen LogP contribution >= 0.6 is 11.6 Å². The fourth-order valence-electron chi connectivity index (χ4n) is 1.80. The number of aliphatic hydroxyl groups excluding tert-OH is 1. The Bertz CT molecular complexity index is 691. The number of methoxy groups -OCH3 is 1. The summed E-state index contributed by atoms with van der Waals surface area (Å²) in [7, 11) is 1.31. The van der Waals surface area contributed by atoms with Crippen LogP contribution in [0.15, 0.2) is 30.3 Å². The van der Waals surface area contributed by atoms with E-state index in [-0.39, 0.29) is 22.0 Å². The van der Waals surface area contributed by atoms with Crippen molar-refractivity contribution in [3.8, 4) is 17.0 Å². The summed E-state index contributed by atoms with van der Waals surface area (Å²) in [5.74, 6) is -0.503. The van der Waals surface area contributed by atoms with Crippen molar-refractivity contribution in [1.29, 1.82) is 0 Å². The lowest BCUT2D eigenvalue weighted by atomic mass is 10.1. The Balaban J connectivity index is 2.55. The molecule has 0 bridgehead atoms. The predicted octanol–water partition coefficient (Wildman–Crippen LogP) is 4.15. The van der Waals surface area contributed by atoms with E-state index in [0.29, 0.717) is 0 Å². The highest BCUT2D eigenvalue weighted by Crippen LogP contribution is 2.36. The lowest BCUT2D eigenvalue weighted by Crippen LogP contribution is -2.21. The summed E-state index contributed by atoms with van der Waals surface area (Å²) >= 11 is 5.66.